The molecule has 152 valence electrons. The van der Waals surface area contributed by atoms with Gasteiger partial charge in [-0.25, -0.2) is 0 Å². The molecule has 1 heterocycles. The van der Waals surface area contributed by atoms with Crippen LogP contribution in [-0.4, -0.2) is 47.9 Å². The highest BCUT2D eigenvalue weighted by atomic mass is 79.9. The molecular weight excluding hydrogens is 444 g/mol. The molecule has 2 amide bonds. The summed E-state index contributed by atoms with van der Waals surface area (Å²) in [6.07, 6.45) is -0.145. The van der Waals surface area contributed by atoms with Crippen molar-refractivity contribution in [2.45, 2.75) is 6.10 Å². The molecule has 1 atom stereocenters. The summed E-state index contributed by atoms with van der Waals surface area (Å²) in [7, 11) is 0. The second kappa shape index (κ2) is 9.59. The Kier molecular flexibility index (Phi) is 6.91. The molecule has 2 N–H and O–H groups in total. The van der Waals surface area contributed by atoms with E-state index >= 15 is 0 Å². The second-order valence-electron chi connectivity index (χ2n) is 6.46. The van der Waals surface area contributed by atoms with E-state index in [1.54, 1.807) is 0 Å². The third-order valence-electron chi connectivity index (χ3n) is 4.37. The fourth-order valence-corrected chi connectivity index (χ4v) is 3.37. The van der Waals surface area contributed by atoms with Crippen molar-refractivity contribution in [3.63, 3.8) is 0 Å². The number of rotatable bonds is 5. The largest absolute Gasteiger partial charge is 0.371 e. The maximum absolute atomic E-state index is 12.2. The number of carbonyl (C=O) groups is 2. The second-order valence-corrected chi connectivity index (χ2v) is 7.37. The van der Waals surface area contributed by atoms with Gasteiger partial charge in [0.25, 0.3) is 17.5 Å². The molecule has 0 bridgehead atoms. The number of amides is 2. The van der Waals surface area contributed by atoms with Crippen LogP contribution in [0.2, 0.25) is 0 Å². The van der Waals surface area contributed by atoms with E-state index in [0.717, 1.165) is 16.1 Å². The zero-order valence-corrected chi connectivity index (χ0v) is 16.9. The number of nitro groups is 1. The Hall–Kier alpha value is -2.82. The lowest BCUT2D eigenvalue weighted by molar-refractivity contribution is -0.384. The summed E-state index contributed by atoms with van der Waals surface area (Å²) in [5.41, 5.74) is 5.52. The van der Waals surface area contributed by atoms with Crippen LogP contribution in [0.4, 0.5) is 5.69 Å². The Morgan fingerprint density at radius 3 is 2.76 bits per heavy atom. The predicted octanol–water partition coefficient (Wildman–Crippen LogP) is 2.19. The fourth-order valence-electron chi connectivity index (χ4n) is 2.96. The molecule has 3 rings (SSSR count). The number of non-ortho nitro benzene ring substituents is 1. The summed E-state index contributed by atoms with van der Waals surface area (Å²) in [6, 6.07) is 13.1. The maximum Gasteiger partial charge on any atom is 0.270 e. The standard InChI is InChI=1S/C19H19BrN4O5/c20-15-5-1-3-13(9-15)17-11-23(7-8-29-17)12-18(25)21-22-19(26)14-4-2-6-16(10-14)24(27)28/h1-6,9-10,17H,7-8,11-12H2,(H,21,25)(H,22,26). The van der Waals surface area contributed by atoms with Crippen LogP contribution >= 0.6 is 15.9 Å². The number of hydrogen-bond donors (Lipinski definition) is 2. The smallest absolute Gasteiger partial charge is 0.270 e. The monoisotopic (exact) mass is 462 g/mol. The summed E-state index contributed by atoms with van der Waals surface area (Å²) in [5.74, 6) is -1.02. The van der Waals surface area contributed by atoms with Crippen LogP contribution in [0.5, 0.6) is 0 Å². The van der Waals surface area contributed by atoms with Crippen molar-refractivity contribution in [3.8, 4) is 0 Å². The highest BCUT2D eigenvalue weighted by Crippen LogP contribution is 2.24. The molecule has 1 unspecified atom stereocenters. The van der Waals surface area contributed by atoms with Crippen LogP contribution in [0.25, 0.3) is 0 Å². The van der Waals surface area contributed by atoms with Gasteiger partial charge < -0.3 is 4.74 Å². The molecule has 0 saturated carbocycles. The third kappa shape index (κ3) is 5.83. The molecule has 0 aliphatic carbocycles. The van der Waals surface area contributed by atoms with Crippen molar-refractivity contribution in [1.82, 2.24) is 15.8 Å². The quantitative estimate of drug-likeness (QED) is 0.519. The Morgan fingerprint density at radius 1 is 1.21 bits per heavy atom. The van der Waals surface area contributed by atoms with E-state index in [4.69, 9.17) is 4.74 Å². The number of benzene rings is 2. The van der Waals surface area contributed by atoms with E-state index < -0.39 is 16.7 Å². The first kappa shape index (κ1) is 20.9. The number of hydrazine groups is 1. The van der Waals surface area contributed by atoms with Crippen LogP contribution in [-0.2, 0) is 9.53 Å². The molecule has 9 nitrogen and oxygen atoms in total. The number of nitrogens with one attached hydrogen (secondary N) is 2. The SMILES string of the molecule is O=C(CN1CCOC(c2cccc(Br)c2)C1)NNC(=O)c1cccc([N+](=O)[O-])c1. The molecule has 0 radical (unpaired) electrons. The maximum atomic E-state index is 12.2. The Bertz CT molecular complexity index is 923. The van der Waals surface area contributed by atoms with Gasteiger partial charge in [0.15, 0.2) is 0 Å². The zero-order chi connectivity index (χ0) is 20.8. The molecule has 10 heteroatoms. The number of nitrogens with zero attached hydrogens (tertiary/aromatic N) is 2. The van der Waals surface area contributed by atoms with Crippen molar-refractivity contribution in [2.24, 2.45) is 0 Å². The van der Waals surface area contributed by atoms with Crippen LogP contribution in [0.15, 0.2) is 53.0 Å². The van der Waals surface area contributed by atoms with Crippen molar-refractivity contribution in [3.05, 3.63) is 74.2 Å². The summed E-state index contributed by atoms with van der Waals surface area (Å²) < 4.78 is 6.75. The first-order valence-corrected chi connectivity index (χ1v) is 9.65. The molecule has 0 spiro atoms. The van der Waals surface area contributed by atoms with Crippen molar-refractivity contribution < 1.29 is 19.2 Å². The predicted molar refractivity (Wildman–Crippen MR) is 108 cm³/mol. The minimum Gasteiger partial charge on any atom is -0.371 e. The fraction of sp³-hybridized carbons (Fsp3) is 0.263. The van der Waals surface area contributed by atoms with Crippen molar-refractivity contribution in [1.29, 1.82) is 0 Å². The minimum absolute atomic E-state index is 0.0839. The molecule has 29 heavy (non-hydrogen) atoms. The van der Waals surface area contributed by atoms with Crippen LogP contribution in [0.1, 0.15) is 22.0 Å². The lowest BCUT2D eigenvalue weighted by atomic mass is 10.1. The molecule has 1 aliphatic rings. The summed E-state index contributed by atoms with van der Waals surface area (Å²) >= 11 is 3.44. The highest BCUT2D eigenvalue weighted by molar-refractivity contribution is 9.10. The third-order valence-corrected chi connectivity index (χ3v) is 4.87. The molecule has 2 aromatic carbocycles. The molecule has 0 aromatic heterocycles. The van der Waals surface area contributed by atoms with Crippen molar-refractivity contribution in [2.75, 3.05) is 26.2 Å². The van der Waals surface area contributed by atoms with E-state index in [2.05, 4.69) is 26.8 Å². The van der Waals surface area contributed by atoms with Crippen LogP contribution < -0.4 is 10.9 Å². The van der Waals surface area contributed by atoms with Gasteiger partial charge in [-0.15, -0.1) is 0 Å². The number of nitro benzene ring substituents is 1. The first-order valence-electron chi connectivity index (χ1n) is 8.85. The van der Waals surface area contributed by atoms with Gasteiger partial charge in [-0.1, -0.05) is 34.1 Å². The van der Waals surface area contributed by atoms with Gasteiger partial charge in [0.05, 0.1) is 24.2 Å². The lowest BCUT2D eigenvalue weighted by Crippen LogP contribution is -2.49. The summed E-state index contributed by atoms with van der Waals surface area (Å²) in [4.78, 5) is 36.4. The normalized spacial score (nSPS) is 16.8. The van der Waals surface area contributed by atoms with Gasteiger partial charge in [0.1, 0.15) is 0 Å². The number of carbonyl (C=O) groups excluding carboxylic acids is 2. The lowest BCUT2D eigenvalue weighted by Gasteiger charge is -2.32. The zero-order valence-electron chi connectivity index (χ0n) is 15.3. The molecule has 1 aliphatic heterocycles. The number of halogens is 1. The van der Waals surface area contributed by atoms with Gasteiger partial charge in [-0.3, -0.25) is 35.5 Å². The Labute approximate surface area is 175 Å². The van der Waals surface area contributed by atoms with Gasteiger partial charge in [-0.2, -0.15) is 0 Å². The number of hydrogen-bond acceptors (Lipinski definition) is 6. The van der Waals surface area contributed by atoms with Gasteiger partial charge in [0.2, 0.25) is 0 Å². The molecule has 1 fully saturated rings. The summed E-state index contributed by atoms with van der Waals surface area (Å²) in [6.45, 7) is 1.72. The van der Waals surface area contributed by atoms with Gasteiger partial charge in [-0.05, 0) is 23.8 Å². The Balaban J connectivity index is 1.50. The van der Waals surface area contributed by atoms with E-state index in [-0.39, 0.29) is 23.9 Å². The number of ether oxygens (including phenoxy) is 1. The van der Waals surface area contributed by atoms with Crippen LogP contribution in [0.3, 0.4) is 0 Å². The summed E-state index contributed by atoms with van der Waals surface area (Å²) in [5, 5.41) is 10.8. The van der Waals surface area contributed by atoms with Crippen LogP contribution in [0, 0.1) is 10.1 Å². The number of morpholine rings is 1. The van der Waals surface area contributed by atoms with E-state index in [9.17, 15) is 19.7 Å². The first-order chi connectivity index (χ1) is 13.9. The molecule has 1 saturated heterocycles. The topological polar surface area (TPSA) is 114 Å². The average Bonchev–Trinajstić information content (AvgIpc) is 2.72. The molecule has 2 aromatic rings. The minimum atomic E-state index is -0.629. The van der Waals surface area contributed by atoms with Gasteiger partial charge in [0, 0.05) is 35.3 Å². The highest BCUT2D eigenvalue weighted by Gasteiger charge is 2.24. The van der Waals surface area contributed by atoms with Gasteiger partial charge >= 0.3 is 0 Å². The Morgan fingerprint density at radius 2 is 2.00 bits per heavy atom. The van der Waals surface area contributed by atoms with E-state index in [0.29, 0.717) is 19.7 Å². The average molecular weight is 463 g/mol. The van der Waals surface area contributed by atoms with Crippen molar-refractivity contribution >= 4 is 33.4 Å². The molecular formula is C19H19BrN4O5. The van der Waals surface area contributed by atoms with E-state index in [1.165, 1.54) is 18.2 Å². The van der Waals surface area contributed by atoms with E-state index in [1.807, 2.05) is 29.2 Å².